The molecule has 1 aromatic heterocycles. The molecule has 0 saturated heterocycles. The van der Waals surface area contributed by atoms with E-state index in [0.717, 1.165) is 22.7 Å². The molecule has 0 saturated carbocycles. The van der Waals surface area contributed by atoms with Crippen LogP contribution in [0.4, 0.5) is 34.1 Å². The van der Waals surface area contributed by atoms with Gasteiger partial charge in [-0.2, -0.15) is 0 Å². The van der Waals surface area contributed by atoms with Crippen molar-refractivity contribution in [3.8, 4) is 11.1 Å². The van der Waals surface area contributed by atoms with Crippen molar-refractivity contribution in [3.05, 3.63) is 191 Å². The number of thiophene rings is 1. The molecule has 0 N–H and O–H groups in total. The Labute approximate surface area is 410 Å². The molecular formula is C65H68N2S. The molecule has 8 aromatic carbocycles. The van der Waals surface area contributed by atoms with Crippen molar-refractivity contribution in [3.63, 3.8) is 0 Å². The molecule has 344 valence electrons. The minimum Gasteiger partial charge on any atom is -0.310 e. The van der Waals surface area contributed by atoms with E-state index in [0.29, 0.717) is 0 Å². The average Bonchev–Trinajstić information content (AvgIpc) is 3.77. The van der Waals surface area contributed by atoms with Crippen LogP contribution < -0.4 is 9.80 Å². The second-order valence-corrected chi connectivity index (χ2v) is 25.0. The molecule has 0 bridgehead atoms. The Hall–Kier alpha value is -6.16. The number of hydrogen-bond acceptors (Lipinski definition) is 3. The van der Waals surface area contributed by atoms with Crippen LogP contribution in [0.5, 0.6) is 0 Å². The van der Waals surface area contributed by atoms with Crippen molar-refractivity contribution in [2.45, 2.75) is 124 Å². The summed E-state index contributed by atoms with van der Waals surface area (Å²) in [5.41, 5.74) is 17.8. The van der Waals surface area contributed by atoms with E-state index >= 15 is 0 Å². The normalized spacial score (nSPS) is 13.9. The zero-order chi connectivity index (χ0) is 48.3. The molecule has 0 spiro atoms. The van der Waals surface area contributed by atoms with Crippen LogP contribution in [0.25, 0.3) is 42.1 Å². The van der Waals surface area contributed by atoms with Gasteiger partial charge in [0, 0.05) is 59.4 Å². The summed E-state index contributed by atoms with van der Waals surface area (Å²) in [5.74, 6) is 0. The summed E-state index contributed by atoms with van der Waals surface area (Å²) in [6, 6.07) is 60.5. The topological polar surface area (TPSA) is 6.48 Å². The first-order valence-corrected chi connectivity index (χ1v) is 25.4. The molecule has 10 rings (SSSR count). The quantitative estimate of drug-likeness (QED) is 0.164. The zero-order valence-electron chi connectivity index (χ0n) is 42.8. The monoisotopic (exact) mass is 909 g/mol. The Morgan fingerprint density at radius 3 is 1.22 bits per heavy atom. The first kappa shape index (κ1) is 45.6. The van der Waals surface area contributed by atoms with Crippen LogP contribution in [0.1, 0.15) is 130 Å². The first-order valence-electron chi connectivity index (χ1n) is 24.6. The van der Waals surface area contributed by atoms with Gasteiger partial charge < -0.3 is 9.80 Å². The van der Waals surface area contributed by atoms with Gasteiger partial charge in [0.05, 0.1) is 5.69 Å². The van der Waals surface area contributed by atoms with Crippen LogP contribution in [-0.2, 0) is 27.1 Å². The highest BCUT2D eigenvalue weighted by Gasteiger charge is 2.39. The van der Waals surface area contributed by atoms with Gasteiger partial charge in [0.2, 0.25) is 0 Å². The van der Waals surface area contributed by atoms with Crippen molar-refractivity contribution >= 4 is 76.4 Å². The number of benzene rings is 8. The van der Waals surface area contributed by atoms with E-state index in [-0.39, 0.29) is 27.1 Å². The van der Waals surface area contributed by atoms with Crippen LogP contribution >= 0.6 is 11.3 Å². The van der Waals surface area contributed by atoms with E-state index in [2.05, 4.69) is 264 Å². The van der Waals surface area contributed by atoms with Gasteiger partial charge in [0.15, 0.2) is 0 Å². The zero-order valence-corrected chi connectivity index (χ0v) is 43.6. The summed E-state index contributed by atoms with van der Waals surface area (Å²) in [6.07, 6.45) is 0. The Morgan fingerprint density at radius 1 is 0.382 bits per heavy atom. The summed E-state index contributed by atoms with van der Waals surface area (Å²) in [4.78, 5) is 4.93. The van der Waals surface area contributed by atoms with Crippen molar-refractivity contribution in [2.24, 2.45) is 0 Å². The second kappa shape index (κ2) is 16.0. The fourth-order valence-corrected chi connectivity index (χ4v) is 12.0. The highest BCUT2D eigenvalue weighted by Crippen LogP contribution is 2.56. The minimum absolute atomic E-state index is 0.0613. The van der Waals surface area contributed by atoms with E-state index in [9.17, 15) is 0 Å². The smallest absolute Gasteiger partial charge is 0.0554 e. The van der Waals surface area contributed by atoms with Gasteiger partial charge in [0.25, 0.3) is 0 Å². The molecule has 0 radical (unpaired) electrons. The van der Waals surface area contributed by atoms with Crippen molar-refractivity contribution in [2.75, 3.05) is 9.80 Å². The van der Waals surface area contributed by atoms with E-state index in [1.165, 1.54) is 86.8 Å². The standard InChI is InChI=1S/C65H68N2S/c1-61(2,3)41-19-27-45(28-20-41)66(46-29-21-42(22-30-46)62(4,5)6)49-35-36-50-53-37-38-54-58-52-18-16-15-17-51(52)56(40-57(58)68-60(54)59(53)65(13,14)55(50)39-49)67(47-31-23-43(24-32-47)63(7,8)9)48-33-25-44(26-34-48)64(10,11)12/h15-40H,1-14H3. The Bertz CT molecular complexity index is 3240. The third kappa shape index (κ3) is 7.81. The van der Waals surface area contributed by atoms with Gasteiger partial charge in [-0.25, -0.2) is 0 Å². The lowest BCUT2D eigenvalue weighted by Gasteiger charge is -2.29. The molecule has 0 fully saturated rings. The molecular weight excluding hydrogens is 841 g/mol. The van der Waals surface area contributed by atoms with Crippen LogP contribution in [-0.4, -0.2) is 0 Å². The number of rotatable bonds is 6. The van der Waals surface area contributed by atoms with Crippen LogP contribution in [0.3, 0.4) is 0 Å². The lowest BCUT2D eigenvalue weighted by atomic mass is 9.81. The van der Waals surface area contributed by atoms with Crippen molar-refractivity contribution < 1.29 is 0 Å². The Kier molecular flexibility index (Phi) is 10.7. The number of anilines is 6. The maximum absolute atomic E-state index is 2.48. The SMILES string of the molecule is CC(C)(C)c1ccc(N(c2ccc(C(C)(C)C)cc2)c2ccc3c(c2)C(C)(C)c2c-3ccc3c2sc2cc(N(c4ccc(C(C)(C)C)cc4)c4ccc(C(C)(C)C)cc4)c4ccccc4c23)cc1. The molecule has 1 aliphatic carbocycles. The lowest BCUT2D eigenvalue weighted by molar-refractivity contribution is 0.590. The van der Waals surface area contributed by atoms with Crippen LogP contribution in [0.15, 0.2) is 158 Å². The largest absolute Gasteiger partial charge is 0.310 e. The predicted molar refractivity (Wildman–Crippen MR) is 299 cm³/mol. The third-order valence-corrected chi connectivity index (χ3v) is 15.9. The van der Waals surface area contributed by atoms with Gasteiger partial charge in [0.1, 0.15) is 0 Å². The van der Waals surface area contributed by atoms with Gasteiger partial charge in [-0.3, -0.25) is 0 Å². The van der Waals surface area contributed by atoms with Gasteiger partial charge >= 0.3 is 0 Å². The molecule has 1 aliphatic rings. The molecule has 2 nitrogen and oxygen atoms in total. The van der Waals surface area contributed by atoms with E-state index in [1.807, 2.05) is 11.3 Å². The van der Waals surface area contributed by atoms with Crippen LogP contribution in [0, 0.1) is 0 Å². The third-order valence-electron chi connectivity index (χ3n) is 14.7. The van der Waals surface area contributed by atoms with Crippen molar-refractivity contribution in [1.82, 2.24) is 0 Å². The van der Waals surface area contributed by atoms with Gasteiger partial charge in [-0.15, -0.1) is 11.3 Å². The molecule has 1 heterocycles. The fourth-order valence-electron chi connectivity index (χ4n) is 10.6. The van der Waals surface area contributed by atoms with Crippen molar-refractivity contribution in [1.29, 1.82) is 0 Å². The first-order chi connectivity index (χ1) is 32.0. The molecule has 3 heteroatoms. The molecule has 0 amide bonds. The summed E-state index contributed by atoms with van der Waals surface area (Å²) >= 11 is 1.96. The summed E-state index contributed by atoms with van der Waals surface area (Å²) < 4.78 is 2.69. The van der Waals surface area contributed by atoms with Gasteiger partial charge in [-0.1, -0.05) is 188 Å². The minimum atomic E-state index is -0.243. The van der Waals surface area contributed by atoms with E-state index < -0.39 is 0 Å². The van der Waals surface area contributed by atoms with Crippen LogP contribution in [0.2, 0.25) is 0 Å². The highest BCUT2D eigenvalue weighted by molar-refractivity contribution is 7.26. The lowest BCUT2D eigenvalue weighted by Crippen LogP contribution is -2.17. The van der Waals surface area contributed by atoms with E-state index in [4.69, 9.17) is 0 Å². The van der Waals surface area contributed by atoms with E-state index in [1.54, 1.807) is 0 Å². The Balaban J connectivity index is 1.13. The summed E-state index contributed by atoms with van der Waals surface area (Å²) in [5, 5.41) is 5.21. The molecule has 0 unspecified atom stereocenters. The highest BCUT2D eigenvalue weighted by atomic mass is 32.1. The number of hydrogen-bond donors (Lipinski definition) is 0. The summed E-state index contributed by atoms with van der Waals surface area (Å²) in [7, 11) is 0. The number of nitrogens with zero attached hydrogens (tertiary/aromatic N) is 2. The Morgan fingerprint density at radius 2 is 0.779 bits per heavy atom. The maximum atomic E-state index is 2.48. The average molecular weight is 909 g/mol. The maximum Gasteiger partial charge on any atom is 0.0554 e. The molecule has 68 heavy (non-hydrogen) atoms. The summed E-state index contributed by atoms with van der Waals surface area (Å²) in [6.45, 7) is 32.3. The molecule has 0 aliphatic heterocycles. The fraction of sp³-hybridized carbons (Fsp3) is 0.292. The predicted octanol–water partition coefficient (Wildman–Crippen LogP) is 19.6. The van der Waals surface area contributed by atoms with Gasteiger partial charge in [-0.05, 0) is 138 Å². The second-order valence-electron chi connectivity index (χ2n) is 24.0. The number of fused-ring (bicyclic) bond motifs is 9. The molecule has 0 atom stereocenters. The molecule has 9 aromatic rings.